The molecule has 4 nitrogen and oxygen atoms in total. The molecule has 0 saturated heterocycles. The molecule has 0 aliphatic carbocycles. The Labute approximate surface area is 92.4 Å². The Balaban J connectivity index is 3.78. The highest BCUT2D eigenvalue weighted by Gasteiger charge is 2.20. The van der Waals surface area contributed by atoms with Crippen LogP contribution in [0.4, 0.5) is 0 Å². The smallest absolute Gasteiger partial charge is 0.239 e. The van der Waals surface area contributed by atoms with E-state index in [9.17, 15) is 4.79 Å². The monoisotopic (exact) mass is 216 g/mol. The zero-order valence-electron chi connectivity index (χ0n) is 10.1. The molecule has 0 spiro atoms. The van der Waals surface area contributed by atoms with E-state index >= 15 is 0 Å². The van der Waals surface area contributed by atoms with Gasteiger partial charge in [0.2, 0.25) is 5.91 Å². The Kier molecular flexibility index (Phi) is 7.34. The molecule has 1 unspecified atom stereocenters. The van der Waals surface area contributed by atoms with Gasteiger partial charge in [0.25, 0.3) is 0 Å². The van der Waals surface area contributed by atoms with Crippen molar-refractivity contribution in [3.63, 3.8) is 0 Å². The maximum atomic E-state index is 11.7. The van der Waals surface area contributed by atoms with Crippen LogP contribution in [0.3, 0.4) is 0 Å². The average Bonchev–Trinajstić information content (AvgIpc) is 2.21. The molecule has 0 rings (SSSR count). The van der Waals surface area contributed by atoms with E-state index in [4.69, 9.17) is 10.8 Å². The molecule has 0 aliphatic heterocycles. The number of unbranched alkanes of at least 4 members (excludes halogenated alkanes) is 2. The first-order valence-corrected chi connectivity index (χ1v) is 5.62. The van der Waals surface area contributed by atoms with Crippen molar-refractivity contribution in [3.8, 4) is 0 Å². The summed E-state index contributed by atoms with van der Waals surface area (Å²) >= 11 is 0. The molecule has 0 aromatic rings. The van der Waals surface area contributed by atoms with E-state index in [1.165, 1.54) is 0 Å². The summed E-state index contributed by atoms with van der Waals surface area (Å²) in [5.74, 6) is 0.186. The number of likely N-dealkylation sites (N-methyl/N-ethyl adjacent to an activating group) is 1. The number of amides is 1. The maximum Gasteiger partial charge on any atom is 0.239 e. The fraction of sp³-hybridized carbons (Fsp3) is 0.909. The predicted octanol–water partition coefficient (Wildman–Crippen LogP) is 0.591. The minimum atomic E-state index is -0.396. The third-order valence-electron chi connectivity index (χ3n) is 2.53. The largest absolute Gasteiger partial charge is 0.396 e. The van der Waals surface area contributed by atoms with Crippen LogP contribution in [-0.2, 0) is 4.79 Å². The van der Waals surface area contributed by atoms with Gasteiger partial charge in [0.1, 0.15) is 0 Å². The van der Waals surface area contributed by atoms with E-state index < -0.39 is 6.04 Å². The third-order valence-corrected chi connectivity index (χ3v) is 2.53. The highest BCUT2D eigenvalue weighted by Crippen LogP contribution is 2.04. The summed E-state index contributed by atoms with van der Waals surface area (Å²) in [6, 6.07) is -0.396. The van der Waals surface area contributed by atoms with Gasteiger partial charge in [-0.1, -0.05) is 13.8 Å². The minimum Gasteiger partial charge on any atom is -0.396 e. The summed E-state index contributed by atoms with van der Waals surface area (Å²) in [5.41, 5.74) is 5.76. The molecule has 0 bridgehead atoms. The number of carbonyl (C=O) groups excluding carboxylic acids is 1. The van der Waals surface area contributed by atoms with Crippen molar-refractivity contribution in [1.82, 2.24) is 4.90 Å². The minimum absolute atomic E-state index is 0.00833. The number of nitrogens with two attached hydrogens (primary N) is 1. The highest BCUT2D eigenvalue weighted by atomic mass is 16.2. The lowest BCUT2D eigenvalue weighted by Crippen LogP contribution is -2.45. The lowest BCUT2D eigenvalue weighted by molar-refractivity contribution is -0.132. The second-order valence-corrected chi connectivity index (χ2v) is 4.31. The summed E-state index contributed by atoms with van der Waals surface area (Å²) in [6.07, 6.45) is 2.68. The first kappa shape index (κ1) is 14.4. The van der Waals surface area contributed by atoms with Gasteiger partial charge in [0, 0.05) is 20.2 Å². The second kappa shape index (κ2) is 7.65. The molecule has 90 valence electrons. The van der Waals surface area contributed by atoms with Crippen LogP contribution >= 0.6 is 0 Å². The molecule has 0 aliphatic rings. The first-order valence-electron chi connectivity index (χ1n) is 5.62. The van der Waals surface area contributed by atoms with E-state index in [1.54, 1.807) is 11.9 Å². The van der Waals surface area contributed by atoms with Crippen LogP contribution in [0.15, 0.2) is 0 Å². The molecule has 4 heteroatoms. The number of hydrogen-bond donors (Lipinski definition) is 2. The van der Waals surface area contributed by atoms with Crippen molar-refractivity contribution in [2.75, 3.05) is 20.2 Å². The highest BCUT2D eigenvalue weighted by molar-refractivity contribution is 5.81. The van der Waals surface area contributed by atoms with Crippen LogP contribution in [0.5, 0.6) is 0 Å². The first-order chi connectivity index (χ1) is 7.00. The Hall–Kier alpha value is -0.610. The lowest BCUT2D eigenvalue weighted by atomic mass is 10.0. The number of nitrogens with zero attached hydrogens (tertiary/aromatic N) is 1. The third kappa shape index (κ3) is 5.74. The van der Waals surface area contributed by atoms with Gasteiger partial charge in [-0.3, -0.25) is 4.79 Å². The molecular formula is C11H24N2O2. The molecule has 0 radical (unpaired) electrons. The Morgan fingerprint density at radius 3 is 2.40 bits per heavy atom. The molecule has 15 heavy (non-hydrogen) atoms. The van der Waals surface area contributed by atoms with Gasteiger partial charge in [-0.25, -0.2) is 0 Å². The van der Waals surface area contributed by atoms with Crippen molar-refractivity contribution in [2.45, 2.75) is 39.2 Å². The standard InChI is InChI=1S/C11H24N2O2/c1-9(2)10(12)11(15)13(3)7-5-4-6-8-14/h9-10,14H,4-8,12H2,1-3H3. The Morgan fingerprint density at radius 2 is 1.93 bits per heavy atom. The van der Waals surface area contributed by atoms with Crippen molar-refractivity contribution in [3.05, 3.63) is 0 Å². The number of aliphatic hydroxyl groups is 1. The topological polar surface area (TPSA) is 66.6 Å². The predicted molar refractivity (Wildman–Crippen MR) is 61.4 cm³/mol. The van der Waals surface area contributed by atoms with Crippen LogP contribution in [0, 0.1) is 5.92 Å². The van der Waals surface area contributed by atoms with Gasteiger partial charge in [-0.15, -0.1) is 0 Å². The van der Waals surface area contributed by atoms with Gasteiger partial charge in [0.15, 0.2) is 0 Å². The zero-order valence-corrected chi connectivity index (χ0v) is 10.1. The molecule has 3 N–H and O–H groups in total. The zero-order chi connectivity index (χ0) is 11.8. The normalized spacial score (nSPS) is 12.9. The summed E-state index contributed by atoms with van der Waals surface area (Å²) in [4.78, 5) is 13.4. The van der Waals surface area contributed by atoms with E-state index in [2.05, 4.69) is 0 Å². The molecule has 1 amide bonds. The number of rotatable bonds is 7. The molecule has 0 fully saturated rings. The fourth-order valence-electron chi connectivity index (χ4n) is 1.29. The number of carbonyl (C=O) groups is 1. The van der Waals surface area contributed by atoms with E-state index in [0.29, 0.717) is 0 Å². The van der Waals surface area contributed by atoms with Crippen molar-refractivity contribution < 1.29 is 9.90 Å². The van der Waals surface area contributed by atoms with Crippen LogP contribution < -0.4 is 5.73 Å². The molecular weight excluding hydrogens is 192 g/mol. The van der Waals surface area contributed by atoms with Gasteiger partial charge in [-0.05, 0) is 25.2 Å². The SMILES string of the molecule is CC(C)C(N)C(=O)N(C)CCCCCO. The second-order valence-electron chi connectivity index (χ2n) is 4.31. The molecule has 1 atom stereocenters. The summed E-state index contributed by atoms with van der Waals surface area (Å²) < 4.78 is 0. The van der Waals surface area contributed by atoms with Crippen molar-refractivity contribution >= 4 is 5.91 Å². The van der Waals surface area contributed by atoms with Crippen LogP contribution in [-0.4, -0.2) is 42.2 Å². The fourth-order valence-corrected chi connectivity index (χ4v) is 1.29. The summed E-state index contributed by atoms with van der Waals surface area (Å²) in [7, 11) is 1.78. The molecule has 0 heterocycles. The summed E-state index contributed by atoms with van der Waals surface area (Å²) in [5, 5.41) is 8.60. The van der Waals surface area contributed by atoms with Crippen molar-refractivity contribution in [1.29, 1.82) is 0 Å². The quantitative estimate of drug-likeness (QED) is 0.612. The van der Waals surface area contributed by atoms with Crippen LogP contribution in [0.25, 0.3) is 0 Å². The van der Waals surface area contributed by atoms with E-state index in [1.807, 2.05) is 13.8 Å². The van der Waals surface area contributed by atoms with Crippen molar-refractivity contribution in [2.24, 2.45) is 11.7 Å². The van der Waals surface area contributed by atoms with E-state index in [0.717, 1.165) is 25.8 Å². The van der Waals surface area contributed by atoms with Gasteiger partial charge >= 0.3 is 0 Å². The Morgan fingerprint density at radius 1 is 1.33 bits per heavy atom. The van der Waals surface area contributed by atoms with Crippen LogP contribution in [0.2, 0.25) is 0 Å². The maximum absolute atomic E-state index is 11.7. The van der Waals surface area contributed by atoms with E-state index in [-0.39, 0.29) is 18.4 Å². The number of hydrogen-bond acceptors (Lipinski definition) is 3. The number of aliphatic hydroxyl groups excluding tert-OH is 1. The van der Waals surface area contributed by atoms with Crippen LogP contribution in [0.1, 0.15) is 33.1 Å². The molecule has 0 aromatic heterocycles. The lowest BCUT2D eigenvalue weighted by Gasteiger charge is -2.23. The van der Waals surface area contributed by atoms with Gasteiger partial charge in [-0.2, -0.15) is 0 Å². The Bertz CT molecular complexity index is 183. The molecule has 0 saturated carbocycles. The van der Waals surface area contributed by atoms with Gasteiger partial charge < -0.3 is 15.7 Å². The van der Waals surface area contributed by atoms with Gasteiger partial charge in [0.05, 0.1) is 6.04 Å². The average molecular weight is 216 g/mol. The molecule has 0 aromatic carbocycles. The summed E-state index contributed by atoms with van der Waals surface area (Å²) in [6.45, 7) is 4.84.